The molecule has 11 rings (SSSR count). The van der Waals surface area contributed by atoms with Crippen molar-refractivity contribution in [1.29, 1.82) is 0 Å². The normalized spacial score (nSPS) is 12.8. The fourth-order valence-corrected chi connectivity index (χ4v) is 8.89. The minimum Gasteiger partial charge on any atom is -0.309 e. The SMILES string of the molecule is CC1(C)c2ccccc2-c2cc(-c3ccc(-c4ccc5c(c4)c4ccc(-c6nc(-c7ccccc7)nc(-c7ccccc7)n6)cc4n5-c4ccccc4)cc3)ccc21. The molecule has 0 saturated heterocycles. The lowest BCUT2D eigenvalue weighted by Crippen LogP contribution is -2.14. The van der Waals surface area contributed by atoms with Gasteiger partial charge < -0.3 is 4.57 Å². The Kier molecular flexibility index (Phi) is 7.80. The summed E-state index contributed by atoms with van der Waals surface area (Å²) in [7, 11) is 0. The molecule has 0 saturated carbocycles. The minimum absolute atomic E-state index is 0.00274. The van der Waals surface area contributed by atoms with Crippen molar-refractivity contribution in [1.82, 2.24) is 19.5 Å². The van der Waals surface area contributed by atoms with Crippen LogP contribution in [0.25, 0.3) is 95.0 Å². The van der Waals surface area contributed by atoms with Gasteiger partial charge in [-0.05, 0) is 80.9 Å². The number of para-hydroxylation sites is 1. The smallest absolute Gasteiger partial charge is 0.164 e. The number of rotatable bonds is 6. The summed E-state index contributed by atoms with van der Waals surface area (Å²) < 4.78 is 2.35. The van der Waals surface area contributed by atoms with Gasteiger partial charge in [0.15, 0.2) is 17.5 Å². The number of hydrogen-bond acceptors (Lipinski definition) is 3. The zero-order chi connectivity index (χ0) is 38.8. The molecule has 4 nitrogen and oxygen atoms in total. The third-order valence-corrected chi connectivity index (χ3v) is 11.9. The van der Waals surface area contributed by atoms with Gasteiger partial charge in [0.05, 0.1) is 11.0 Å². The van der Waals surface area contributed by atoms with Gasteiger partial charge in [-0.2, -0.15) is 0 Å². The third kappa shape index (κ3) is 5.56. The zero-order valence-corrected chi connectivity index (χ0v) is 32.3. The van der Waals surface area contributed by atoms with E-state index in [0.717, 1.165) is 33.4 Å². The molecule has 1 aliphatic rings. The van der Waals surface area contributed by atoms with Crippen molar-refractivity contribution in [3.8, 4) is 73.2 Å². The van der Waals surface area contributed by atoms with Crippen molar-refractivity contribution in [3.05, 3.63) is 205 Å². The van der Waals surface area contributed by atoms with E-state index in [1.54, 1.807) is 0 Å². The summed E-state index contributed by atoms with van der Waals surface area (Å²) in [5.74, 6) is 1.93. The Morgan fingerprint density at radius 1 is 0.345 bits per heavy atom. The first-order valence-electron chi connectivity index (χ1n) is 19.9. The summed E-state index contributed by atoms with van der Waals surface area (Å²) in [4.78, 5) is 15.0. The fraction of sp³-hybridized carbons (Fsp3) is 0.0556. The van der Waals surface area contributed by atoms with Crippen LogP contribution in [0.5, 0.6) is 0 Å². The van der Waals surface area contributed by atoms with Crippen LogP contribution in [0.2, 0.25) is 0 Å². The molecule has 0 radical (unpaired) electrons. The van der Waals surface area contributed by atoms with Gasteiger partial charge in [0, 0.05) is 38.6 Å². The molecule has 4 heteroatoms. The molecule has 0 bridgehead atoms. The van der Waals surface area contributed by atoms with Crippen molar-refractivity contribution >= 4 is 21.8 Å². The molecule has 8 aromatic carbocycles. The monoisotopic (exact) mass is 742 g/mol. The van der Waals surface area contributed by atoms with E-state index in [-0.39, 0.29) is 5.41 Å². The Morgan fingerprint density at radius 3 is 1.50 bits per heavy atom. The van der Waals surface area contributed by atoms with Gasteiger partial charge in [-0.3, -0.25) is 0 Å². The summed E-state index contributed by atoms with van der Waals surface area (Å²) in [6, 6.07) is 69.1. The lowest BCUT2D eigenvalue weighted by atomic mass is 9.82. The van der Waals surface area contributed by atoms with E-state index in [9.17, 15) is 0 Å². The van der Waals surface area contributed by atoms with Gasteiger partial charge in [0.25, 0.3) is 0 Å². The van der Waals surface area contributed by atoms with E-state index in [1.165, 1.54) is 55.3 Å². The summed E-state index contributed by atoms with van der Waals surface area (Å²) in [6.07, 6.45) is 0. The largest absolute Gasteiger partial charge is 0.309 e. The van der Waals surface area contributed by atoms with Crippen LogP contribution >= 0.6 is 0 Å². The van der Waals surface area contributed by atoms with Crippen molar-refractivity contribution in [3.63, 3.8) is 0 Å². The topological polar surface area (TPSA) is 43.6 Å². The minimum atomic E-state index is 0.00274. The Hall–Kier alpha value is -7.43. The van der Waals surface area contributed by atoms with Gasteiger partial charge in [-0.15, -0.1) is 0 Å². The van der Waals surface area contributed by atoms with E-state index < -0.39 is 0 Å². The predicted octanol–water partition coefficient (Wildman–Crippen LogP) is 13.6. The van der Waals surface area contributed by atoms with Crippen LogP contribution in [-0.4, -0.2) is 19.5 Å². The average Bonchev–Trinajstić information content (AvgIpc) is 3.74. The van der Waals surface area contributed by atoms with Crippen molar-refractivity contribution < 1.29 is 0 Å². The molecule has 10 aromatic rings. The summed E-state index contributed by atoms with van der Waals surface area (Å²) in [6.45, 7) is 4.66. The molecular weight excluding hydrogens is 705 g/mol. The Balaban J connectivity index is 1.01. The Morgan fingerprint density at radius 2 is 0.845 bits per heavy atom. The number of benzene rings is 8. The molecule has 0 aliphatic heterocycles. The van der Waals surface area contributed by atoms with Gasteiger partial charge in [-0.25, -0.2) is 15.0 Å². The highest BCUT2D eigenvalue weighted by Gasteiger charge is 2.35. The summed E-state index contributed by atoms with van der Waals surface area (Å²) >= 11 is 0. The van der Waals surface area contributed by atoms with Crippen LogP contribution in [0.3, 0.4) is 0 Å². The maximum absolute atomic E-state index is 5.05. The van der Waals surface area contributed by atoms with Gasteiger partial charge in [-0.1, -0.05) is 172 Å². The molecule has 0 atom stereocenters. The lowest BCUT2D eigenvalue weighted by Gasteiger charge is -2.21. The maximum atomic E-state index is 5.05. The maximum Gasteiger partial charge on any atom is 0.164 e. The number of hydrogen-bond donors (Lipinski definition) is 0. The summed E-state index contributed by atoms with van der Waals surface area (Å²) in [5.41, 5.74) is 16.5. The first-order valence-corrected chi connectivity index (χ1v) is 19.9. The highest BCUT2D eigenvalue weighted by Crippen LogP contribution is 2.49. The van der Waals surface area contributed by atoms with Crippen LogP contribution < -0.4 is 0 Å². The van der Waals surface area contributed by atoms with Crippen molar-refractivity contribution in [2.45, 2.75) is 19.3 Å². The van der Waals surface area contributed by atoms with Crippen LogP contribution in [0.1, 0.15) is 25.0 Å². The fourth-order valence-electron chi connectivity index (χ4n) is 8.89. The Labute approximate surface area is 337 Å². The quantitative estimate of drug-likeness (QED) is 0.170. The van der Waals surface area contributed by atoms with Gasteiger partial charge in [0.2, 0.25) is 0 Å². The molecule has 0 N–H and O–H groups in total. The number of aromatic nitrogens is 4. The molecule has 0 fully saturated rings. The molecule has 58 heavy (non-hydrogen) atoms. The molecule has 2 aromatic heterocycles. The molecule has 2 heterocycles. The van der Waals surface area contributed by atoms with E-state index in [4.69, 9.17) is 15.0 Å². The highest BCUT2D eigenvalue weighted by molar-refractivity contribution is 6.11. The van der Waals surface area contributed by atoms with Gasteiger partial charge >= 0.3 is 0 Å². The predicted molar refractivity (Wildman–Crippen MR) is 239 cm³/mol. The van der Waals surface area contributed by atoms with E-state index in [2.05, 4.69) is 152 Å². The van der Waals surface area contributed by atoms with Crippen LogP contribution in [0, 0.1) is 0 Å². The first kappa shape index (κ1) is 33.9. The molecule has 274 valence electrons. The molecule has 0 spiro atoms. The second-order valence-corrected chi connectivity index (χ2v) is 15.7. The van der Waals surface area contributed by atoms with E-state index in [1.807, 2.05) is 60.7 Å². The van der Waals surface area contributed by atoms with Crippen LogP contribution in [0.4, 0.5) is 0 Å². The van der Waals surface area contributed by atoms with E-state index >= 15 is 0 Å². The van der Waals surface area contributed by atoms with Crippen molar-refractivity contribution in [2.24, 2.45) is 0 Å². The molecule has 0 unspecified atom stereocenters. The average molecular weight is 743 g/mol. The van der Waals surface area contributed by atoms with Gasteiger partial charge in [0.1, 0.15) is 0 Å². The highest BCUT2D eigenvalue weighted by atomic mass is 15.0. The Bertz CT molecular complexity index is 3110. The lowest BCUT2D eigenvalue weighted by molar-refractivity contribution is 0.660. The summed E-state index contributed by atoms with van der Waals surface area (Å²) in [5, 5.41) is 2.36. The standard InChI is InChI=1S/C54H38N4/c1-54(2)47-21-13-12-20-43(47)45-32-39(27-30-48(45)54)35-22-24-36(25-23-35)40-28-31-49-46(33-40)44-29-26-41(34-50(44)58(49)42-18-10-5-11-19-42)53-56-51(37-14-6-3-7-15-37)55-52(57-53)38-16-8-4-9-17-38/h3-34H,1-2H3. The van der Waals surface area contributed by atoms with E-state index in [0.29, 0.717) is 17.5 Å². The van der Waals surface area contributed by atoms with Crippen LogP contribution in [-0.2, 0) is 5.41 Å². The third-order valence-electron chi connectivity index (χ3n) is 11.9. The van der Waals surface area contributed by atoms with Crippen molar-refractivity contribution in [2.75, 3.05) is 0 Å². The number of fused-ring (bicyclic) bond motifs is 6. The second-order valence-electron chi connectivity index (χ2n) is 15.7. The first-order chi connectivity index (χ1) is 28.5. The second kappa shape index (κ2) is 13.4. The zero-order valence-electron chi connectivity index (χ0n) is 32.3. The van der Waals surface area contributed by atoms with Crippen LogP contribution in [0.15, 0.2) is 194 Å². The molecular formula is C54H38N4. The number of nitrogens with zero attached hydrogens (tertiary/aromatic N) is 4. The molecule has 1 aliphatic carbocycles. The molecule has 0 amide bonds.